The molecule has 0 aliphatic heterocycles. The molecule has 0 bridgehead atoms. The van der Waals surface area contributed by atoms with E-state index in [-0.39, 0.29) is 5.97 Å². The first-order chi connectivity index (χ1) is 6.22. The minimum absolute atomic E-state index is 0.309. The van der Waals surface area contributed by atoms with Crippen LogP contribution < -0.4 is 0 Å². The Morgan fingerprint density at radius 1 is 1.69 bits per heavy atom. The van der Waals surface area contributed by atoms with Gasteiger partial charge in [0.1, 0.15) is 9.48 Å². The van der Waals surface area contributed by atoms with Crippen molar-refractivity contribution in [3.63, 3.8) is 0 Å². The molecule has 1 aliphatic rings. The molecule has 1 aromatic rings. The van der Waals surface area contributed by atoms with Gasteiger partial charge in [-0.2, -0.15) is 0 Å². The Balaban J connectivity index is 2.29. The molecule has 1 aliphatic carbocycles. The smallest absolute Gasteiger partial charge is 0.350 e. The average Bonchev–Trinajstić information content (AvgIpc) is 2.89. The zero-order valence-electron chi connectivity index (χ0n) is 7.04. The number of aromatic nitrogens is 1. The molecule has 0 aromatic carbocycles. The van der Waals surface area contributed by atoms with Crippen molar-refractivity contribution in [3.8, 4) is 0 Å². The Morgan fingerprint density at radius 2 is 2.38 bits per heavy atom. The molecule has 1 saturated carbocycles. The lowest BCUT2D eigenvalue weighted by atomic mass is 10.5. The van der Waals surface area contributed by atoms with E-state index < -0.39 is 0 Å². The Bertz CT molecular complexity index is 346. The summed E-state index contributed by atoms with van der Waals surface area (Å²) in [6.45, 7) is 0. The van der Waals surface area contributed by atoms with Gasteiger partial charge in [0, 0.05) is 5.92 Å². The lowest BCUT2D eigenvalue weighted by Crippen LogP contribution is -1.98. The summed E-state index contributed by atoms with van der Waals surface area (Å²) in [4.78, 5) is 16.1. The molecule has 1 aromatic heterocycles. The third-order valence-corrected chi connectivity index (χ3v) is 3.93. The molecule has 0 atom stereocenters. The number of thiazole rings is 1. The minimum Gasteiger partial charge on any atom is -0.465 e. The van der Waals surface area contributed by atoms with E-state index in [9.17, 15) is 4.79 Å². The Hall–Kier alpha value is -0.420. The third kappa shape index (κ3) is 1.76. The molecular weight excluding hydrogens is 254 g/mol. The Kier molecular flexibility index (Phi) is 2.38. The normalized spacial score (nSPS) is 15.8. The van der Waals surface area contributed by atoms with E-state index in [0.717, 1.165) is 5.01 Å². The van der Waals surface area contributed by atoms with Crippen LogP contribution in [0.2, 0.25) is 0 Å². The van der Waals surface area contributed by atoms with Crippen molar-refractivity contribution < 1.29 is 9.53 Å². The molecule has 5 heteroatoms. The summed E-state index contributed by atoms with van der Waals surface area (Å²) in [5, 5.41) is 1.05. The van der Waals surface area contributed by atoms with Crippen LogP contribution in [0.4, 0.5) is 0 Å². The highest BCUT2D eigenvalue weighted by molar-refractivity contribution is 9.10. The van der Waals surface area contributed by atoms with E-state index in [1.807, 2.05) is 0 Å². The van der Waals surface area contributed by atoms with E-state index in [4.69, 9.17) is 0 Å². The predicted molar refractivity (Wildman–Crippen MR) is 53.1 cm³/mol. The largest absolute Gasteiger partial charge is 0.465 e. The predicted octanol–water partition coefficient (Wildman–Crippen LogP) is 2.57. The fourth-order valence-electron chi connectivity index (χ4n) is 1.04. The van der Waals surface area contributed by atoms with Crippen molar-refractivity contribution in [3.05, 3.63) is 14.5 Å². The van der Waals surface area contributed by atoms with Crippen molar-refractivity contribution >= 4 is 33.2 Å². The van der Waals surface area contributed by atoms with Crippen molar-refractivity contribution in [1.82, 2.24) is 4.98 Å². The third-order valence-electron chi connectivity index (χ3n) is 1.90. The summed E-state index contributed by atoms with van der Waals surface area (Å²) in [6, 6.07) is 0. The van der Waals surface area contributed by atoms with E-state index in [2.05, 4.69) is 25.7 Å². The number of hydrogen-bond acceptors (Lipinski definition) is 4. The molecular formula is C8H8BrNO2S. The monoisotopic (exact) mass is 261 g/mol. The minimum atomic E-state index is -0.309. The average molecular weight is 262 g/mol. The maximum atomic E-state index is 11.2. The number of nitrogens with zero attached hydrogens (tertiary/aromatic N) is 1. The molecule has 0 spiro atoms. The van der Waals surface area contributed by atoms with Gasteiger partial charge in [-0.15, -0.1) is 11.3 Å². The Morgan fingerprint density at radius 3 is 2.92 bits per heavy atom. The Labute approximate surface area is 88.3 Å². The van der Waals surface area contributed by atoms with Crippen LogP contribution in [-0.4, -0.2) is 18.1 Å². The van der Waals surface area contributed by atoms with Gasteiger partial charge in [0.05, 0.1) is 12.1 Å². The van der Waals surface area contributed by atoms with Crippen LogP contribution in [0, 0.1) is 0 Å². The molecule has 1 heterocycles. The van der Waals surface area contributed by atoms with Gasteiger partial charge in [0.15, 0.2) is 0 Å². The highest BCUT2D eigenvalue weighted by Gasteiger charge is 2.29. The number of esters is 1. The van der Waals surface area contributed by atoms with E-state index in [1.165, 1.54) is 31.3 Å². The molecule has 0 amide bonds. The van der Waals surface area contributed by atoms with Gasteiger partial charge in [-0.25, -0.2) is 9.78 Å². The van der Waals surface area contributed by atoms with Crippen molar-refractivity contribution in [2.75, 3.05) is 7.11 Å². The first kappa shape index (κ1) is 9.15. The summed E-state index contributed by atoms with van der Waals surface area (Å²) in [5.74, 6) is 0.274. The van der Waals surface area contributed by atoms with Gasteiger partial charge in [-0.1, -0.05) is 0 Å². The maximum absolute atomic E-state index is 11.2. The van der Waals surface area contributed by atoms with E-state index in [1.54, 1.807) is 0 Å². The summed E-state index contributed by atoms with van der Waals surface area (Å²) in [7, 11) is 1.38. The highest BCUT2D eigenvalue weighted by Crippen LogP contribution is 2.43. The van der Waals surface area contributed by atoms with E-state index in [0.29, 0.717) is 15.4 Å². The number of methoxy groups -OCH3 is 1. The molecule has 0 N–H and O–H groups in total. The number of halogens is 1. The summed E-state index contributed by atoms with van der Waals surface area (Å²) < 4.78 is 5.25. The molecule has 0 saturated heterocycles. The number of rotatable bonds is 2. The van der Waals surface area contributed by atoms with Crippen LogP contribution in [0.15, 0.2) is 4.60 Å². The first-order valence-corrected chi connectivity index (χ1v) is 5.58. The fraction of sp³-hybridized carbons (Fsp3) is 0.500. The molecule has 1 fully saturated rings. The second-order valence-corrected chi connectivity index (χ2v) is 4.72. The molecule has 0 unspecified atom stereocenters. The fourth-order valence-corrected chi connectivity index (χ4v) is 2.80. The molecule has 2 rings (SSSR count). The first-order valence-electron chi connectivity index (χ1n) is 3.97. The zero-order valence-corrected chi connectivity index (χ0v) is 9.44. The summed E-state index contributed by atoms with van der Waals surface area (Å²) >= 11 is 4.68. The molecule has 70 valence electrons. The maximum Gasteiger partial charge on any atom is 0.350 e. The number of carbonyl (C=O) groups is 1. The quantitative estimate of drug-likeness (QED) is 0.769. The highest BCUT2D eigenvalue weighted by atomic mass is 79.9. The summed E-state index contributed by atoms with van der Waals surface area (Å²) in [5.41, 5.74) is 0. The standard InChI is InChI=1S/C8H8BrNO2S/c1-12-8(11)5-6(9)10-7(13-5)4-2-3-4/h4H,2-3H2,1H3. The van der Waals surface area contributed by atoms with Crippen LogP contribution in [0.3, 0.4) is 0 Å². The molecule has 0 radical (unpaired) electrons. The lowest BCUT2D eigenvalue weighted by Gasteiger charge is -1.92. The van der Waals surface area contributed by atoms with Gasteiger partial charge in [-0.3, -0.25) is 0 Å². The zero-order chi connectivity index (χ0) is 9.42. The van der Waals surface area contributed by atoms with Gasteiger partial charge in [0.2, 0.25) is 0 Å². The van der Waals surface area contributed by atoms with Crippen molar-refractivity contribution in [1.29, 1.82) is 0 Å². The molecule has 13 heavy (non-hydrogen) atoms. The van der Waals surface area contributed by atoms with Crippen LogP contribution in [0.1, 0.15) is 33.4 Å². The van der Waals surface area contributed by atoms with Gasteiger partial charge in [-0.05, 0) is 28.8 Å². The van der Waals surface area contributed by atoms with Crippen LogP contribution >= 0.6 is 27.3 Å². The lowest BCUT2D eigenvalue weighted by molar-refractivity contribution is 0.0605. The SMILES string of the molecule is COC(=O)c1sc(C2CC2)nc1Br. The van der Waals surface area contributed by atoms with Crippen LogP contribution in [-0.2, 0) is 4.74 Å². The second-order valence-electron chi connectivity index (χ2n) is 2.94. The van der Waals surface area contributed by atoms with Crippen LogP contribution in [0.25, 0.3) is 0 Å². The van der Waals surface area contributed by atoms with Gasteiger partial charge < -0.3 is 4.74 Å². The number of carbonyl (C=O) groups excluding carboxylic acids is 1. The second kappa shape index (κ2) is 3.38. The van der Waals surface area contributed by atoms with Crippen molar-refractivity contribution in [2.24, 2.45) is 0 Å². The van der Waals surface area contributed by atoms with Crippen LogP contribution in [0.5, 0.6) is 0 Å². The van der Waals surface area contributed by atoms with Crippen molar-refractivity contribution in [2.45, 2.75) is 18.8 Å². The topological polar surface area (TPSA) is 39.2 Å². The van der Waals surface area contributed by atoms with E-state index >= 15 is 0 Å². The number of ether oxygens (including phenoxy) is 1. The van der Waals surface area contributed by atoms with Gasteiger partial charge >= 0.3 is 5.97 Å². The number of hydrogen-bond donors (Lipinski definition) is 0. The van der Waals surface area contributed by atoms with Gasteiger partial charge in [0.25, 0.3) is 0 Å². The summed E-state index contributed by atoms with van der Waals surface area (Å²) in [6.07, 6.45) is 2.39. The molecule has 3 nitrogen and oxygen atoms in total.